The number of nitrogens with zero attached hydrogens (tertiary/aromatic N) is 1. The van der Waals surface area contributed by atoms with E-state index in [9.17, 15) is 9.59 Å². The van der Waals surface area contributed by atoms with Gasteiger partial charge in [-0.2, -0.15) is 5.10 Å². The first-order valence-electron chi connectivity index (χ1n) is 9.88. The van der Waals surface area contributed by atoms with Crippen LogP contribution in [0.4, 0.5) is 10.5 Å². The normalized spacial score (nSPS) is 23.9. The summed E-state index contributed by atoms with van der Waals surface area (Å²) in [5.41, 5.74) is 1.87. The van der Waals surface area contributed by atoms with Crippen LogP contribution in [0.15, 0.2) is 12.3 Å². The lowest BCUT2D eigenvalue weighted by molar-refractivity contribution is 0.0478. The summed E-state index contributed by atoms with van der Waals surface area (Å²) in [5.74, 6) is -0.0466. The number of nitrogens with one attached hydrogen (secondary N) is 4. The number of fused-ring (bicyclic) bond motifs is 1. The fraction of sp³-hybridized carbons (Fsp3) is 0.550. The lowest BCUT2D eigenvalue weighted by atomic mass is 9.84. The Balaban J connectivity index is 1.43. The summed E-state index contributed by atoms with van der Waals surface area (Å²) in [5, 5.41) is 16.7. The van der Waals surface area contributed by atoms with Gasteiger partial charge >= 0.3 is 6.09 Å². The topological polar surface area (TPSA) is 108 Å². The minimum absolute atomic E-state index is 0.0437. The number of carbonyl (C=O) groups excluding carboxylic acids is 2. The number of carbonyl (C=O) groups is 2. The molecule has 2 aliphatic rings. The number of amides is 2. The largest absolute Gasteiger partial charge is 0.444 e. The van der Waals surface area contributed by atoms with E-state index in [-0.39, 0.29) is 18.0 Å². The molecule has 0 aromatic carbocycles. The summed E-state index contributed by atoms with van der Waals surface area (Å²) in [6.45, 7) is 7.51. The molecule has 156 valence electrons. The van der Waals surface area contributed by atoms with Crippen LogP contribution in [-0.4, -0.2) is 39.5 Å². The second kappa shape index (κ2) is 7.05. The molecule has 2 aromatic heterocycles. The summed E-state index contributed by atoms with van der Waals surface area (Å²) < 4.78 is 5.35. The molecule has 0 atom stereocenters. The molecule has 9 heteroatoms. The van der Waals surface area contributed by atoms with E-state index in [1.165, 1.54) is 11.3 Å². The van der Waals surface area contributed by atoms with Gasteiger partial charge in [-0.3, -0.25) is 9.89 Å². The predicted molar refractivity (Wildman–Crippen MR) is 112 cm³/mol. The van der Waals surface area contributed by atoms with Gasteiger partial charge in [-0.25, -0.2) is 4.79 Å². The van der Waals surface area contributed by atoms with Gasteiger partial charge < -0.3 is 20.7 Å². The number of hydrogen-bond acceptors (Lipinski definition) is 6. The monoisotopic (exact) mass is 417 g/mol. The van der Waals surface area contributed by atoms with E-state index in [4.69, 9.17) is 4.74 Å². The van der Waals surface area contributed by atoms with Gasteiger partial charge in [0.15, 0.2) is 0 Å². The highest BCUT2D eigenvalue weighted by atomic mass is 32.1. The quantitative estimate of drug-likeness (QED) is 0.595. The molecule has 8 nitrogen and oxygen atoms in total. The smallest absolute Gasteiger partial charge is 0.407 e. The standard InChI is InChI=1S/C20H27N5O3S/c1-11-13(10-21-25-11)15-9-14-16(29-15)17(26)24-20(23-14)7-5-12(6-8-20)22-18(27)28-19(2,3)4/h9-10,12,23H,5-8H2,1-4H3,(H,21,25)(H,22,27)(H,24,26). The molecule has 0 unspecified atom stereocenters. The van der Waals surface area contributed by atoms with Crippen LogP contribution in [0.1, 0.15) is 61.8 Å². The maximum absolute atomic E-state index is 12.8. The Morgan fingerprint density at radius 1 is 1.31 bits per heavy atom. The summed E-state index contributed by atoms with van der Waals surface area (Å²) in [4.78, 5) is 26.5. The van der Waals surface area contributed by atoms with E-state index in [0.717, 1.165) is 47.5 Å². The van der Waals surface area contributed by atoms with Crippen molar-refractivity contribution in [2.45, 2.75) is 70.7 Å². The van der Waals surface area contributed by atoms with Crippen LogP contribution in [-0.2, 0) is 4.74 Å². The zero-order chi connectivity index (χ0) is 20.8. The van der Waals surface area contributed by atoms with Gasteiger partial charge in [0.25, 0.3) is 5.91 Å². The van der Waals surface area contributed by atoms with E-state index in [1.807, 2.05) is 33.8 Å². The average Bonchev–Trinajstić information content (AvgIpc) is 3.21. The van der Waals surface area contributed by atoms with Crippen LogP contribution in [0.3, 0.4) is 0 Å². The van der Waals surface area contributed by atoms with Crippen molar-refractivity contribution in [3.05, 3.63) is 22.8 Å². The van der Waals surface area contributed by atoms with Crippen molar-refractivity contribution in [3.8, 4) is 10.4 Å². The number of aromatic amines is 1. The van der Waals surface area contributed by atoms with Gasteiger partial charge in [-0.05, 0) is 59.4 Å². The molecule has 0 saturated heterocycles. The predicted octanol–water partition coefficient (Wildman–Crippen LogP) is 3.77. The molecule has 4 rings (SSSR count). The fourth-order valence-corrected chi connectivity index (χ4v) is 5.00. The summed E-state index contributed by atoms with van der Waals surface area (Å²) >= 11 is 1.47. The van der Waals surface area contributed by atoms with E-state index in [2.05, 4.69) is 26.1 Å². The molecular weight excluding hydrogens is 390 g/mol. The average molecular weight is 418 g/mol. The van der Waals surface area contributed by atoms with E-state index >= 15 is 0 Å². The van der Waals surface area contributed by atoms with E-state index in [1.54, 1.807) is 6.20 Å². The first-order valence-corrected chi connectivity index (χ1v) is 10.7. The van der Waals surface area contributed by atoms with Crippen molar-refractivity contribution in [3.63, 3.8) is 0 Å². The lowest BCUT2D eigenvalue weighted by Gasteiger charge is -2.44. The fourth-order valence-electron chi connectivity index (χ4n) is 3.93. The molecule has 1 aliphatic carbocycles. The maximum atomic E-state index is 12.8. The van der Waals surface area contributed by atoms with Crippen molar-refractivity contribution >= 4 is 29.0 Å². The zero-order valence-electron chi connectivity index (χ0n) is 17.1. The first kappa shape index (κ1) is 19.8. The molecule has 3 heterocycles. The maximum Gasteiger partial charge on any atom is 0.407 e. The molecule has 29 heavy (non-hydrogen) atoms. The minimum atomic E-state index is -0.515. The first-order chi connectivity index (χ1) is 13.6. The molecule has 1 saturated carbocycles. The lowest BCUT2D eigenvalue weighted by Crippen LogP contribution is -2.60. The summed E-state index contributed by atoms with van der Waals surface area (Å²) in [6.07, 6.45) is 4.38. The molecule has 4 N–H and O–H groups in total. The third kappa shape index (κ3) is 4.10. The number of hydrogen-bond donors (Lipinski definition) is 4. The van der Waals surface area contributed by atoms with Gasteiger partial charge in [0.05, 0.1) is 11.9 Å². The number of alkyl carbamates (subject to hydrolysis) is 1. The van der Waals surface area contributed by atoms with Gasteiger partial charge in [-0.1, -0.05) is 0 Å². The SMILES string of the molecule is Cc1[nH]ncc1-c1cc2c(s1)C(=O)NC1(CCC(NC(=O)OC(C)(C)C)CC1)N2. The molecule has 2 aromatic rings. The van der Waals surface area contributed by atoms with Crippen LogP contribution in [0.2, 0.25) is 0 Å². The van der Waals surface area contributed by atoms with E-state index < -0.39 is 11.3 Å². The minimum Gasteiger partial charge on any atom is -0.444 e. The third-order valence-electron chi connectivity index (χ3n) is 5.32. The van der Waals surface area contributed by atoms with Gasteiger partial charge in [0.1, 0.15) is 16.1 Å². The molecule has 2 amide bonds. The Morgan fingerprint density at radius 3 is 2.66 bits per heavy atom. The van der Waals surface area contributed by atoms with Crippen LogP contribution in [0, 0.1) is 6.92 Å². The highest BCUT2D eigenvalue weighted by molar-refractivity contribution is 7.18. The van der Waals surface area contributed by atoms with Crippen molar-refractivity contribution in [1.29, 1.82) is 0 Å². The molecule has 1 aliphatic heterocycles. The molecule has 1 fully saturated rings. The van der Waals surface area contributed by atoms with Crippen LogP contribution >= 0.6 is 11.3 Å². The van der Waals surface area contributed by atoms with Gasteiger partial charge in [0.2, 0.25) is 0 Å². The number of aryl methyl sites for hydroxylation is 1. The summed E-state index contributed by atoms with van der Waals surface area (Å²) in [7, 11) is 0. The zero-order valence-corrected chi connectivity index (χ0v) is 18.0. The molecule has 0 radical (unpaired) electrons. The molecular formula is C20H27N5O3S. The highest BCUT2D eigenvalue weighted by Gasteiger charge is 2.42. The Kier molecular flexibility index (Phi) is 4.80. The summed E-state index contributed by atoms with van der Waals surface area (Å²) in [6, 6.07) is 2.07. The van der Waals surface area contributed by atoms with Gasteiger partial charge in [0, 0.05) is 22.2 Å². The second-order valence-corrected chi connectivity index (χ2v) is 9.90. The van der Waals surface area contributed by atoms with E-state index in [0.29, 0.717) is 4.88 Å². The van der Waals surface area contributed by atoms with Crippen molar-refractivity contribution in [2.24, 2.45) is 0 Å². The Bertz CT molecular complexity index is 934. The van der Waals surface area contributed by atoms with Crippen molar-refractivity contribution in [1.82, 2.24) is 20.8 Å². The second-order valence-electron chi connectivity index (χ2n) is 8.84. The molecule has 0 bridgehead atoms. The van der Waals surface area contributed by atoms with Crippen molar-refractivity contribution in [2.75, 3.05) is 5.32 Å². The molecule has 1 spiro atoms. The van der Waals surface area contributed by atoms with Gasteiger partial charge in [-0.15, -0.1) is 11.3 Å². The number of thiophene rings is 1. The Labute approximate surface area is 173 Å². The Morgan fingerprint density at radius 2 is 2.03 bits per heavy atom. The van der Waals surface area contributed by atoms with Crippen LogP contribution in [0.5, 0.6) is 0 Å². The van der Waals surface area contributed by atoms with Crippen LogP contribution < -0.4 is 16.0 Å². The Hall–Kier alpha value is -2.55. The number of ether oxygens (including phenoxy) is 1. The van der Waals surface area contributed by atoms with Crippen molar-refractivity contribution < 1.29 is 14.3 Å². The number of rotatable bonds is 2. The number of anilines is 1. The highest BCUT2D eigenvalue weighted by Crippen LogP contribution is 2.41. The number of H-pyrrole nitrogens is 1. The third-order valence-corrected chi connectivity index (χ3v) is 6.49. The van der Waals surface area contributed by atoms with Crippen LogP contribution in [0.25, 0.3) is 10.4 Å². The number of aromatic nitrogens is 2.